The SMILES string of the molecule is O=C(CC(=O)NCCO)Cc1ccc(I)cc1. The first kappa shape index (κ1) is 14.1. The number of benzene rings is 1. The molecule has 0 aliphatic carbocycles. The molecule has 2 N–H and O–H groups in total. The van der Waals surface area contributed by atoms with Crippen LogP contribution in [0.4, 0.5) is 0 Å². The number of hydrogen-bond donors (Lipinski definition) is 2. The molecule has 17 heavy (non-hydrogen) atoms. The predicted octanol–water partition coefficient (Wildman–Crippen LogP) is 0.901. The molecule has 0 spiro atoms. The molecule has 92 valence electrons. The van der Waals surface area contributed by atoms with Gasteiger partial charge in [-0.2, -0.15) is 0 Å². The van der Waals surface area contributed by atoms with Crippen LogP contribution in [0.15, 0.2) is 24.3 Å². The van der Waals surface area contributed by atoms with Crippen LogP contribution in [0.5, 0.6) is 0 Å². The van der Waals surface area contributed by atoms with Crippen molar-refractivity contribution in [1.82, 2.24) is 5.32 Å². The minimum Gasteiger partial charge on any atom is -0.395 e. The van der Waals surface area contributed by atoms with Gasteiger partial charge in [0.1, 0.15) is 5.78 Å². The molecular formula is C12H14INO3. The molecule has 1 amide bonds. The van der Waals surface area contributed by atoms with Gasteiger partial charge >= 0.3 is 0 Å². The highest BCUT2D eigenvalue weighted by Crippen LogP contribution is 2.08. The highest BCUT2D eigenvalue weighted by molar-refractivity contribution is 14.1. The molecule has 0 heterocycles. The Morgan fingerprint density at radius 3 is 2.47 bits per heavy atom. The van der Waals surface area contributed by atoms with Gasteiger partial charge in [-0.05, 0) is 40.3 Å². The van der Waals surface area contributed by atoms with Crippen LogP contribution in [0.2, 0.25) is 0 Å². The number of nitrogens with one attached hydrogen (secondary N) is 1. The van der Waals surface area contributed by atoms with Crippen LogP contribution in [0.1, 0.15) is 12.0 Å². The highest BCUT2D eigenvalue weighted by Gasteiger charge is 2.09. The first-order chi connectivity index (χ1) is 8.11. The molecule has 1 aromatic carbocycles. The molecule has 0 saturated heterocycles. The molecule has 0 radical (unpaired) electrons. The Morgan fingerprint density at radius 1 is 1.24 bits per heavy atom. The number of carbonyl (C=O) groups is 2. The largest absolute Gasteiger partial charge is 0.395 e. The lowest BCUT2D eigenvalue weighted by atomic mass is 10.1. The van der Waals surface area contributed by atoms with Crippen LogP contribution in [-0.4, -0.2) is 29.9 Å². The van der Waals surface area contributed by atoms with Crippen molar-refractivity contribution in [2.75, 3.05) is 13.2 Å². The maximum Gasteiger partial charge on any atom is 0.227 e. The van der Waals surface area contributed by atoms with Gasteiger partial charge in [-0.1, -0.05) is 12.1 Å². The topological polar surface area (TPSA) is 66.4 Å². The van der Waals surface area contributed by atoms with Gasteiger partial charge in [-0.15, -0.1) is 0 Å². The van der Waals surface area contributed by atoms with Gasteiger partial charge in [0.15, 0.2) is 0 Å². The number of hydrogen-bond acceptors (Lipinski definition) is 3. The van der Waals surface area contributed by atoms with Gasteiger partial charge in [-0.3, -0.25) is 9.59 Å². The van der Waals surface area contributed by atoms with Crippen LogP contribution in [-0.2, 0) is 16.0 Å². The fourth-order valence-corrected chi connectivity index (χ4v) is 1.69. The normalized spacial score (nSPS) is 10.0. The van der Waals surface area contributed by atoms with Crippen molar-refractivity contribution in [3.05, 3.63) is 33.4 Å². The summed E-state index contributed by atoms with van der Waals surface area (Å²) >= 11 is 2.19. The van der Waals surface area contributed by atoms with E-state index in [-0.39, 0.29) is 37.7 Å². The Morgan fingerprint density at radius 2 is 1.88 bits per heavy atom. The number of rotatable bonds is 6. The third-order valence-electron chi connectivity index (χ3n) is 2.11. The van der Waals surface area contributed by atoms with E-state index >= 15 is 0 Å². The van der Waals surface area contributed by atoms with Crippen LogP contribution >= 0.6 is 22.6 Å². The van der Waals surface area contributed by atoms with E-state index in [9.17, 15) is 9.59 Å². The van der Waals surface area contributed by atoms with Crippen molar-refractivity contribution in [3.8, 4) is 0 Å². The molecule has 4 nitrogen and oxygen atoms in total. The van der Waals surface area contributed by atoms with Crippen molar-refractivity contribution >= 4 is 34.3 Å². The molecule has 0 unspecified atom stereocenters. The van der Waals surface area contributed by atoms with Crippen molar-refractivity contribution < 1.29 is 14.7 Å². The Kier molecular flexibility index (Phi) is 6.13. The molecule has 0 aliphatic heterocycles. The average Bonchev–Trinajstić information content (AvgIpc) is 2.29. The van der Waals surface area contributed by atoms with Gasteiger partial charge in [0.25, 0.3) is 0 Å². The van der Waals surface area contributed by atoms with Crippen molar-refractivity contribution in [2.45, 2.75) is 12.8 Å². The maximum absolute atomic E-state index is 11.5. The Hall–Kier alpha value is -0.950. The lowest BCUT2D eigenvalue weighted by Crippen LogP contribution is -2.28. The smallest absolute Gasteiger partial charge is 0.227 e. The summed E-state index contributed by atoms with van der Waals surface area (Å²) in [5, 5.41) is 11.0. The third-order valence-corrected chi connectivity index (χ3v) is 2.83. The fourth-order valence-electron chi connectivity index (χ4n) is 1.33. The summed E-state index contributed by atoms with van der Waals surface area (Å²) < 4.78 is 1.11. The monoisotopic (exact) mass is 347 g/mol. The van der Waals surface area contributed by atoms with E-state index in [0.717, 1.165) is 9.13 Å². The molecule has 0 saturated carbocycles. The Bertz CT molecular complexity index is 389. The number of carbonyl (C=O) groups excluding carboxylic acids is 2. The number of aliphatic hydroxyl groups excluding tert-OH is 1. The lowest BCUT2D eigenvalue weighted by Gasteiger charge is -2.03. The van der Waals surface area contributed by atoms with E-state index < -0.39 is 0 Å². The van der Waals surface area contributed by atoms with Crippen LogP contribution < -0.4 is 5.32 Å². The van der Waals surface area contributed by atoms with Crippen LogP contribution in [0.3, 0.4) is 0 Å². The lowest BCUT2D eigenvalue weighted by molar-refractivity contribution is -0.127. The second-order valence-corrected chi connectivity index (χ2v) is 4.84. The van der Waals surface area contributed by atoms with Gasteiger partial charge < -0.3 is 10.4 Å². The zero-order valence-electron chi connectivity index (χ0n) is 9.28. The van der Waals surface area contributed by atoms with Crippen molar-refractivity contribution in [2.24, 2.45) is 0 Å². The second kappa shape index (κ2) is 7.39. The van der Waals surface area contributed by atoms with E-state index in [0.29, 0.717) is 0 Å². The van der Waals surface area contributed by atoms with Gasteiger partial charge in [0.2, 0.25) is 5.91 Å². The number of Topliss-reactive ketones (excluding diaryl/α,β-unsaturated/α-hetero) is 1. The molecule has 1 rings (SSSR count). The number of amides is 1. The summed E-state index contributed by atoms with van der Waals surface area (Å²) in [7, 11) is 0. The zero-order valence-corrected chi connectivity index (χ0v) is 11.4. The van der Waals surface area contributed by atoms with Crippen molar-refractivity contribution in [1.29, 1.82) is 0 Å². The zero-order chi connectivity index (χ0) is 12.7. The van der Waals surface area contributed by atoms with E-state index in [1.165, 1.54) is 0 Å². The number of aliphatic hydroxyl groups is 1. The Labute approximate surface area is 114 Å². The molecule has 5 heteroatoms. The molecular weight excluding hydrogens is 333 g/mol. The summed E-state index contributed by atoms with van der Waals surface area (Å²) in [5.74, 6) is -0.462. The van der Waals surface area contributed by atoms with E-state index in [1.54, 1.807) is 0 Å². The summed E-state index contributed by atoms with van der Waals surface area (Å²) in [6.45, 7) is 0.0761. The first-order valence-corrected chi connectivity index (χ1v) is 6.33. The second-order valence-electron chi connectivity index (χ2n) is 3.59. The maximum atomic E-state index is 11.5. The van der Waals surface area contributed by atoms with E-state index in [1.807, 2.05) is 24.3 Å². The minimum atomic E-state index is -0.338. The quantitative estimate of drug-likeness (QED) is 0.594. The van der Waals surface area contributed by atoms with Gasteiger partial charge in [-0.25, -0.2) is 0 Å². The predicted molar refractivity (Wildman–Crippen MR) is 72.6 cm³/mol. The molecule has 0 aromatic heterocycles. The molecule has 0 atom stereocenters. The molecule has 1 aromatic rings. The summed E-state index contributed by atoms with van der Waals surface area (Å²) in [6.07, 6.45) is 0.134. The highest BCUT2D eigenvalue weighted by atomic mass is 127. The third kappa shape index (κ3) is 5.78. The van der Waals surface area contributed by atoms with E-state index in [4.69, 9.17) is 5.11 Å². The van der Waals surface area contributed by atoms with E-state index in [2.05, 4.69) is 27.9 Å². The summed E-state index contributed by atoms with van der Waals surface area (Å²) in [5.41, 5.74) is 0.908. The van der Waals surface area contributed by atoms with Crippen LogP contribution in [0.25, 0.3) is 0 Å². The molecule has 0 bridgehead atoms. The number of halogens is 1. The number of ketones is 1. The first-order valence-electron chi connectivity index (χ1n) is 5.25. The molecule has 0 fully saturated rings. The fraction of sp³-hybridized carbons (Fsp3) is 0.333. The standard InChI is InChI=1S/C12H14INO3/c13-10-3-1-9(2-4-10)7-11(16)8-12(17)14-5-6-15/h1-4,15H,5-8H2,(H,14,17). The van der Waals surface area contributed by atoms with Gasteiger partial charge in [0, 0.05) is 16.5 Å². The summed E-state index contributed by atoms with van der Waals surface area (Å²) in [6, 6.07) is 7.61. The minimum absolute atomic E-state index is 0.114. The Balaban J connectivity index is 2.39. The van der Waals surface area contributed by atoms with Gasteiger partial charge in [0.05, 0.1) is 13.0 Å². The van der Waals surface area contributed by atoms with Crippen LogP contribution in [0, 0.1) is 3.57 Å². The summed E-state index contributed by atoms with van der Waals surface area (Å²) in [4.78, 5) is 22.8. The van der Waals surface area contributed by atoms with Crippen molar-refractivity contribution in [3.63, 3.8) is 0 Å². The molecule has 0 aliphatic rings. The average molecular weight is 347 g/mol.